The summed E-state index contributed by atoms with van der Waals surface area (Å²) < 4.78 is 0. The topological polar surface area (TPSA) is 37.8 Å². The lowest BCUT2D eigenvalue weighted by atomic mass is 10.1. The molecule has 0 spiro atoms. The molecule has 1 N–H and O–H groups in total. The van der Waals surface area contributed by atoms with E-state index in [2.05, 4.69) is 40.6 Å². The molecule has 0 radical (unpaired) electrons. The van der Waals surface area contributed by atoms with Crippen LogP contribution in [0.2, 0.25) is 0 Å². The lowest BCUT2D eigenvalue weighted by Gasteiger charge is -2.18. The van der Waals surface area contributed by atoms with Gasteiger partial charge in [-0.2, -0.15) is 0 Å². The Morgan fingerprint density at radius 3 is 2.89 bits per heavy atom. The standard InChI is InChI=1S/C14H19N3S/c1-3-6-17-13(12-10-15-7-8-16-12)14-11(4-2)5-9-18-14/h5,7-10,13,17H,3-4,6H2,1-2H3. The number of hydrogen-bond acceptors (Lipinski definition) is 4. The van der Waals surface area contributed by atoms with E-state index in [1.165, 1.54) is 10.4 Å². The van der Waals surface area contributed by atoms with Gasteiger partial charge in [0.1, 0.15) is 0 Å². The van der Waals surface area contributed by atoms with Crippen molar-refractivity contribution in [3.05, 3.63) is 46.2 Å². The van der Waals surface area contributed by atoms with E-state index in [0.29, 0.717) is 0 Å². The summed E-state index contributed by atoms with van der Waals surface area (Å²) >= 11 is 1.80. The Hall–Kier alpha value is -1.26. The lowest BCUT2D eigenvalue weighted by Crippen LogP contribution is -2.24. The predicted molar refractivity (Wildman–Crippen MR) is 75.9 cm³/mol. The summed E-state index contributed by atoms with van der Waals surface area (Å²) in [6, 6.07) is 2.38. The highest BCUT2D eigenvalue weighted by Crippen LogP contribution is 2.28. The van der Waals surface area contributed by atoms with Crippen LogP contribution < -0.4 is 5.32 Å². The second-order valence-corrected chi connectivity index (χ2v) is 5.13. The Morgan fingerprint density at radius 2 is 2.22 bits per heavy atom. The molecule has 0 saturated carbocycles. The first-order chi connectivity index (χ1) is 8.86. The maximum absolute atomic E-state index is 4.45. The number of aryl methyl sites for hydroxylation is 1. The fourth-order valence-electron chi connectivity index (χ4n) is 1.97. The Morgan fingerprint density at radius 1 is 1.33 bits per heavy atom. The third-order valence-corrected chi connectivity index (χ3v) is 3.93. The van der Waals surface area contributed by atoms with Crippen LogP contribution in [0, 0.1) is 0 Å². The van der Waals surface area contributed by atoms with Gasteiger partial charge in [-0.25, -0.2) is 0 Å². The SMILES string of the molecule is CCCNC(c1cnccn1)c1sccc1CC. The molecule has 0 aliphatic heterocycles. The van der Waals surface area contributed by atoms with Crippen molar-refractivity contribution in [2.75, 3.05) is 6.54 Å². The fourth-order valence-corrected chi connectivity index (χ4v) is 3.06. The van der Waals surface area contributed by atoms with E-state index in [1.807, 2.05) is 6.20 Å². The second kappa shape index (κ2) is 6.61. The molecule has 0 aromatic carbocycles. The zero-order chi connectivity index (χ0) is 12.8. The van der Waals surface area contributed by atoms with Crippen LogP contribution in [0.4, 0.5) is 0 Å². The van der Waals surface area contributed by atoms with Crippen LogP contribution in [0.25, 0.3) is 0 Å². The highest BCUT2D eigenvalue weighted by Gasteiger charge is 2.18. The van der Waals surface area contributed by atoms with E-state index < -0.39 is 0 Å². The molecule has 1 unspecified atom stereocenters. The van der Waals surface area contributed by atoms with E-state index in [9.17, 15) is 0 Å². The third kappa shape index (κ3) is 2.94. The molecule has 2 aromatic heterocycles. The summed E-state index contributed by atoms with van der Waals surface area (Å²) in [5, 5.41) is 5.73. The molecule has 96 valence electrons. The Labute approximate surface area is 112 Å². The third-order valence-electron chi connectivity index (χ3n) is 2.90. The number of nitrogens with zero attached hydrogens (tertiary/aromatic N) is 2. The van der Waals surface area contributed by atoms with E-state index in [1.54, 1.807) is 23.7 Å². The smallest absolute Gasteiger partial charge is 0.0863 e. The fraction of sp³-hybridized carbons (Fsp3) is 0.429. The molecule has 4 heteroatoms. The summed E-state index contributed by atoms with van der Waals surface area (Å²) in [7, 11) is 0. The van der Waals surface area contributed by atoms with Crippen LogP contribution in [-0.4, -0.2) is 16.5 Å². The normalized spacial score (nSPS) is 12.6. The molecule has 0 aliphatic carbocycles. The van der Waals surface area contributed by atoms with Crippen LogP contribution in [0.15, 0.2) is 30.0 Å². The molecule has 0 saturated heterocycles. The molecule has 2 rings (SSSR count). The van der Waals surface area contributed by atoms with Gasteiger partial charge in [0.15, 0.2) is 0 Å². The van der Waals surface area contributed by atoms with Crippen LogP contribution >= 0.6 is 11.3 Å². The summed E-state index contributed by atoms with van der Waals surface area (Å²) in [4.78, 5) is 9.99. The highest BCUT2D eigenvalue weighted by atomic mass is 32.1. The van der Waals surface area contributed by atoms with Crippen LogP contribution in [-0.2, 0) is 6.42 Å². The second-order valence-electron chi connectivity index (χ2n) is 4.18. The molecule has 0 amide bonds. The zero-order valence-electron chi connectivity index (χ0n) is 10.9. The minimum absolute atomic E-state index is 0.175. The Balaban J connectivity index is 2.31. The van der Waals surface area contributed by atoms with Crippen LogP contribution in [0.3, 0.4) is 0 Å². The van der Waals surface area contributed by atoms with Crippen molar-refractivity contribution in [2.24, 2.45) is 0 Å². The van der Waals surface area contributed by atoms with Gasteiger partial charge in [-0.3, -0.25) is 9.97 Å². The summed E-state index contributed by atoms with van der Waals surface area (Å²) in [5.41, 5.74) is 2.40. The number of hydrogen-bond donors (Lipinski definition) is 1. The molecule has 0 aliphatic rings. The summed E-state index contributed by atoms with van der Waals surface area (Å²) in [5.74, 6) is 0. The Bertz CT molecular complexity index is 467. The average Bonchev–Trinajstić information content (AvgIpc) is 2.89. The van der Waals surface area contributed by atoms with Gasteiger partial charge in [0.05, 0.1) is 17.9 Å². The zero-order valence-corrected chi connectivity index (χ0v) is 11.7. The van der Waals surface area contributed by atoms with Crippen molar-refractivity contribution in [3.63, 3.8) is 0 Å². The number of rotatable bonds is 6. The van der Waals surface area contributed by atoms with Gasteiger partial charge in [0.25, 0.3) is 0 Å². The first kappa shape index (κ1) is 13.2. The van der Waals surface area contributed by atoms with Crippen molar-refractivity contribution in [2.45, 2.75) is 32.7 Å². The highest BCUT2D eigenvalue weighted by molar-refractivity contribution is 7.10. The summed E-state index contributed by atoms with van der Waals surface area (Å²) in [6.45, 7) is 5.36. The first-order valence-corrected chi connectivity index (χ1v) is 7.30. The monoisotopic (exact) mass is 261 g/mol. The Kier molecular flexibility index (Phi) is 4.84. The van der Waals surface area contributed by atoms with Gasteiger partial charge in [0.2, 0.25) is 0 Å². The van der Waals surface area contributed by atoms with Crippen molar-refractivity contribution in [1.82, 2.24) is 15.3 Å². The first-order valence-electron chi connectivity index (χ1n) is 6.42. The van der Waals surface area contributed by atoms with Gasteiger partial charge < -0.3 is 5.32 Å². The van der Waals surface area contributed by atoms with Gasteiger partial charge in [-0.05, 0) is 36.4 Å². The van der Waals surface area contributed by atoms with E-state index in [4.69, 9.17) is 0 Å². The van der Waals surface area contributed by atoms with Crippen LogP contribution in [0.5, 0.6) is 0 Å². The molecule has 0 fully saturated rings. The number of thiophene rings is 1. The molecular formula is C14H19N3S. The largest absolute Gasteiger partial charge is 0.304 e. The van der Waals surface area contributed by atoms with Crippen molar-refractivity contribution < 1.29 is 0 Å². The van der Waals surface area contributed by atoms with Crippen molar-refractivity contribution in [3.8, 4) is 0 Å². The minimum atomic E-state index is 0.175. The van der Waals surface area contributed by atoms with Gasteiger partial charge in [0, 0.05) is 17.3 Å². The van der Waals surface area contributed by atoms with Crippen molar-refractivity contribution in [1.29, 1.82) is 0 Å². The van der Waals surface area contributed by atoms with Gasteiger partial charge >= 0.3 is 0 Å². The molecule has 2 heterocycles. The number of aromatic nitrogens is 2. The van der Waals surface area contributed by atoms with Gasteiger partial charge in [-0.1, -0.05) is 13.8 Å². The van der Waals surface area contributed by atoms with E-state index in [-0.39, 0.29) is 6.04 Å². The molecular weight excluding hydrogens is 242 g/mol. The molecule has 3 nitrogen and oxygen atoms in total. The maximum atomic E-state index is 4.45. The summed E-state index contributed by atoms with van der Waals surface area (Å²) in [6.07, 6.45) is 7.50. The maximum Gasteiger partial charge on any atom is 0.0863 e. The molecule has 2 aromatic rings. The lowest BCUT2D eigenvalue weighted by molar-refractivity contribution is 0.588. The van der Waals surface area contributed by atoms with Gasteiger partial charge in [-0.15, -0.1) is 11.3 Å². The molecule has 18 heavy (non-hydrogen) atoms. The van der Waals surface area contributed by atoms with Crippen molar-refractivity contribution >= 4 is 11.3 Å². The predicted octanol–water partition coefficient (Wildman–Crippen LogP) is 3.19. The van der Waals surface area contributed by atoms with E-state index >= 15 is 0 Å². The quantitative estimate of drug-likeness (QED) is 0.868. The minimum Gasteiger partial charge on any atom is -0.304 e. The molecule has 1 atom stereocenters. The van der Waals surface area contributed by atoms with E-state index in [0.717, 1.165) is 25.1 Å². The molecule has 0 bridgehead atoms. The average molecular weight is 261 g/mol. The van der Waals surface area contributed by atoms with Crippen LogP contribution in [0.1, 0.15) is 42.4 Å². The number of nitrogens with one attached hydrogen (secondary N) is 1.